The molecule has 1 aliphatic rings. The van der Waals surface area contributed by atoms with Crippen LogP contribution in [0.3, 0.4) is 0 Å². The Labute approximate surface area is 187 Å². The lowest BCUT2D eigenvalue weighted by atomic mass is 10.2. The Morgan fingerprint density at radius 1 is 1.13 bits per heavy atom. The van der Waals surface area contributed by atoms with Gasteiger partial charge < -0.3 is 19.9 Å². The van der Waals surface area contributed by atoms with E-state index in [0.29, 0.717) is 12.1 Å². The zero-order chi connectivity index (χ0) is 21.8. The number of ether oxygens (including phenoxy) is 1. The Morgan fingerprint density at radius 2 is 1.87 bits per heavy atom. The molecule has 1 N–H and O–H groups in total. The summed E-state index contributed by atoms with van der Waals surface area (Å²) >= 11 is 1.71. The first-order valence-corrected chi connectivity index (χ1v) is 11.3. The molecule has 0 unspecified atom stereocenters. The summed E-state index contributed by atoms with van der Waals surface area (Å²) in [6.45, 7) is 5.31. The van der Waals surface area contributed by atoms with Gasteiger partial charge in [0.15, 0.2) is 5.13 Å². The largest absolute Gasteiger partial charge is 0.497 e. The van der Waals surface area contributed by atoms with Gasteiger partial charge in [-0.25, -0.2) is 4.98 Å². The van der Waals surface area contributed by atoms with E-state index >= 15 is 0 Å². The Kier molecular flexibility index (Phi) is 6.58. The molecular formula is C23H29N5O2S. The van der Waals surface area contributed by atoms with E-state index in [-0.39, 0.29) is 5.91 Å². The lowest BCUT2D eigenvalue weighted by Crippen LogP contribution is -2.48. The van der Waals surface area contributed by atoms with Crippen molar-refractivity contribution in [2.24, 2.45) is 0 Å². The van der Waals surface area contributed by atoms with Gasteiger partial charge in [0.05, 0.1) is 17.3 Å². The molecule has 3 aromatic rings. The molecule has 7 nitrogen and oxygen atoms in total. The van der Waals surface area contributed by atoms with Gasteiger partial charge in [-0.2, -0.15) is 0 Å². The number of methoxy groups -OCH3 is 1. The van der Waals surface area contributed by atoms with Crippen LogP contribution < -0.4 is 19.9 Å². The highest BCUT2D eigenvalue weighted by atomic mass is 32.1. The van der Waals surface area contributed by atoms with E-state index in [1.54, 1.807) is 18.4 Å². The van der Waals surface area contributed by atoms with E-state index in [2.05, 4.69) is 15.1 Å². The van der Waals surface area contributed by atoms with Crippen molar-refractivity contribution in [3.8, 4) is 5.75 Å². The number of hydrogen-bond acceptors (Lipinski definition) is 7. The Morgan fingerprint density at radius 3 is 2.55 bits per heavy atom. The second kappa shape index (κ2) is 9.53. The number of amides is 1. The van der Waals surface area contributed by atoms with Crippen molar-refractivity contribution in [2.75, 3.05) is 70.3 Å². The zero-order valence-corrected chi connectivity index (χ0v) is 19.1. The summed E-state index contributed by atoms with van der Waals surface area (Å²) in [6, 6.07) is 13.7. The topological polar surface area (TPSA) is 60.9 Å². The van der Waals surface area contributed by atoms with Crippen molar-refractivity contribution < 1.29 is 9.53 Å². The number of carbonyl (C=O) groups excluding carboxylic acids is 1. The van der Waals surface area contributed by atoms with Crippen LogP contribution in [0, 0.1) is 0 Å². The summed E-state index contributed by atoms with van der Waals surface area (Å²) < 4.78 is 6.47. The fourth-order valence-electron chi connectivity index (χ4n) is 3.66. The molecule has 0 bridgehead atoms. The number of benzene rings is 2. The van der Waals surface area contributed by atoms with Crippen LogP contribution in [0.5, 0.6) is 5.75 Å². The number of carbonyl (C=O) groups is 1. The number of fused-ring (bicyclic) bond motifs is 1. The quantitative estimate of drug-likeness (QED) is 0.611. The highest BCUT2D eigenvalue weighted by molar-refractivity contribution is 7.22. The summed E-state index contributed by atoms with van der Waals surface area (Å²) in [6.07, 6.45) is 0. The number of thiazole rings is 1. The van der Waals surface area contributed by atoms with Gasteiger partial charge in [0, 0.05) is 64.6 Å². The third kappa shape index (κ3) is 5.08. The van der Waals surface area contributed by atoms with Crippen molar-refractivity contribution in [1.29, 1.82) is 0 Å². The molecule has 0 aliphatic carbocycles. The number of piperazine rings is 1. The molecule has 4 rings (SSSR count). The van der Waals surface area contributed by atoms with Crippen molar-refractivity contribution in [3.63, 3.8) is 0 Å². The maximum Gasteiger partial charge on any atom is 0.251 e. The lowest BCUT2D eigenvalue weighted by molar-refractivity contribution is 0.0948. The number of rotatable bonds is 7. The third-order valence-electron chi connectivity index (χ3n) is 5.59. The van der Waals surface area contributed by atoms with Gasteiger partial charge in [-0.1, -0.05) is 11.3 Å². The van der Waals surface area contributed by atoms with E-state index in [1.807, 2.05) is 61.5 Å². The molecule has 0 spiro atoms. The van der Waals surface area contributed by atoms with Crippen LogP contribution in [0.1, 0.15) is 10.4 Å². The fourth-order valence-corrected chi connectivity index (χ4v) is 4.70. The molecule has 1 saturated heterocycles. The molecule has 1 amide bonds. The molecule has 2 aromatic carbocycles. The normalized spacial score (nSPS) is 14.6. The number of anilines is 2. The standard InChI is InChI=1S/C23H29N5O2S/c1-26(2)18-6-4-17(5-7-18)22(29)24-10-11-27-12-14-28(15-13-27)23-25-20-9-8-19(30-3)16-21(20)31-23/h4-9,16H,10-15H2,1-3H3,(H,24,29). The van der Waals surface area contributed by atoms with Crippen molar-refractivity contribution in [3.05, 3.63) is 48.0 Å². The number of hydrogen-bond donors (Lipinski definition) is 1. The maximum atomic E-state index is 12.4. The molecule has 1 aliphatic heterocycles. The molecule has 0 atom stereocenters. The van der Waals surface area contributed by atoms with Crippen molar-refractivity contribution >= 4 is 38.3 Å². The molecule has 8 heteroatoms. The molecule has 1 aromatic heterocycles. The predicted octanol–water partition coefficient (Wildman–Crippen LogP) is 2.92. The van der Waals surface area contributed by atoms with Crippen LogP contribution in [0.2, 0.25) is 0 Å². The minimum Gasteiger partial charge on any atom is -0.497 e. The maximum absolute atomic E-state index is 12.4. The van der Waals surface area contributed by atoms with Crippen molar-refractivity contribution in [2.45, 2.75) is 0 Å². The van der Waals surface area contributed by atoms with E-state index in [1.165, 1.54) is 0 Å². The fraction of sp³-hybridized carbons (Fsp3) is 0.391. The van der Waals surface area contributed by atoms with Crippen LogP contribution in [0.4, 0.5) is 10.8 Å². The molecule has 0 radical (unpaired) electrons. The minimum absolute atomic E-state index is 0.0196. The second-order valence-corrected chi connectivity index (χ2v) is 8.87. The first-order chi connectivity index (χ1) is 15.0. The Hall–Kier alpha value is -2.84. The summed E-state index contributed by atoms with van der Waals surface area (Å²) in [4.78, 5) is 23.9. The molecule has 0 saturated carbocycles. The first kappa shape index (κ1) is 21.4. The van der Waals surface area contributed by atoms with Gasteiger partial charge in [0.1, 0.15) is 5.75 Å². The van der Waals surface area contributed by atoms with E-state index in [4.69, 9.17) is 9.72 Å². The minimum atomic E-state index is -0.0196. The van der Waals surface area contributed by atoms with Crippen LogP contribution in [0.15, 0.2) is 42.5 Å². The van der Waals surface area contributed by atoms with Crippen molar-refractivity contribution in [1.82, 2.24) is 15.2 Å². The SMILES string of the molecule is COc1ccc2nc(N3CCN(CCNC(=O)c4ccc(N(C)C)cc4)CC3)sc2c1. The highest BCUT2D eigenvalue weighted by Gasteiger charge is 2.20. The van der Waals surface area contributed by atoms with Gasteiger partial charge >= 0.3 is 0 Å². The monoisotopic (exact) mass is 439 g/mol. The van der Waals surface area contributed by atoms with Crippen LogP contribution in [-0.4, -0.2) is 76.3 Å². The highest BCUT2D eigenvalue weighted by Crippen LogP contribution is 2.31. The lowest BCUT2D eigenvalue weighted by Gasteiger charge is -2.34. The van der Waals surface area contributed by atoms with E-state index in [0.717, 1.165) is 59.5 Å². The van der Waals surface area contributed by atoms with E-state index in [9.17, 15) is 4.79 Å². The average molecular weight is 440 g/mol. The summed E-state index contributed by atoms with van der Waals surface area (Å²) in [5, 5.41) is 4.10. The molecular weight excluding hydrogens is 410 g/mol. The van der Waals surface area contributed by atoms with Crippen LogP contribution in [-0.2, 0) is 0 Å². The Bertz CT molecular complexity index is 1030. The molecule has 1 fully saturated rings. The molecule has 164 valence electrons. The third-order valence-corrected chi connectivity index (χ3v) is 6.67. The van der Waals surface area contributed by atoms with E-state index < -0.39 is 0 Å². The van der Waals surface area contributed by atoms with Gasteiger partial charge in [-0.3, -0.25) is 9.69 Å². The smallest absolute Gasteiger partial charge is 0.251 e. The number of nitrogens with one attached hydrogen (secondary N) is 1. The second-order valence-electron chi connectivity index (χ2n) is 7.86. The summed E-state index contributed by atoms with van der Waals surface area (Å²) in [7, 11) is 5.66. The van der Waals surface area contributed by atoms with Gasteiger partial charge in [-0.15, -0.1) is 0 Å². The summed E-state index contributed by atoms with van der Waals surface area (Å²) in [5.74, 6) is 0.844. The average Bonchev–Trinajstić information content (AvgIpc) is 3.22. The number of aromatic nitrogens is 1. The molecule has 31 heavy (non-hydrogen) atoms. The van der Waals surface area contributed by atoms with Crippen LogP contribution in [0.25, 0.3) is 10.2 Å². The zero-order valence-electron chi connectivity index (χ0n) is 18.3. The summed E-state index contributed by atoms with van der Waals surface area (Å²) in [5.41, 5.74) is 2.80. The Balaban J connectivity index is 1.23. The number of nitrogens with zero attached hydrogens (tertiary/aromatic N) is 4. The molecule has 2 heterocycles. The first-order valence-electron chi connectivity index (χ1n) is 10.5. The predicted molar refractivity (Wildman–Crippen MR) is 128 cm³/mol. The van der Waals surface area contributed by atoms with Gasteiger partial charge in [0.25, 0.3) is 5.91 Å². The van der Waals surface area contributed by atoms with Gasteiger partial charge in [0.2, 0.25) is 0 Å². The van der Waals surface area contributed by atoms with Crippen LogP contribution >= 0.6 is 11.3 Å². The van der Waals surface area contributed by atoms with Gasteiger partial charge in [-0.05, 0) is 42.5 Å².